The highest BCUT2D eigenvalue weighted by Gasteiger charge is 2.35. The summed E-state index contributed by atoms with van der Waals surface area (Å²) in [6.07, 6.45) is 4.59. The van der Waals surface area contributed by atoms with Crippen LogP contribution in [0.1, 0.15) is 58.2 Å². The molecule has 1 heterocycles. The van der Waals surface area contributed by atoms with Crippen LogP contribution >= 0.6 is 15.9 Å². The fourth-order valence-corrected chi connectivity index (χ4v) is 3.41. The molecule has 1 aliphatic rings. The summed E-state index contributed by atoms with van der Waals surface area (Å²) in [7, 11) is 0. The molecule has 2 unspecified atom stereocenters. The van der Waals surface area contributed by atoms with Crippen molar-refractivity contribution in [1.82, 2.24) is 15.1 Å². The van der Waals surface area contributed by atoms with Crippen LogP contribution in [0.5, 0.6) is 0 Å². The molecule has 2 rings (SSSR count). The van der Waals surface area contributed by atoms with Crippen LogP contribution in [0.2, 0.25) is 0 Å². The van der Waals surface area contributed by atoms with E-state index in [1.165, 1.54) is 23.0 Å². The first-order valence-corrected chi connectivity index (χ1v) is 8.23. The molecule has 0 aliphatic heterocycles. The van der Waals surface area contributed by atoms with Crippen molar-refractivity contribution in [3.8, 4) is 0 Å². The number of aromatic nitrogens is 2. The van der Waals surface area contributed by atoms with Crippen LogP contribution in [0.4, 0.5) is 0 Å². The fourth-order valence-electron chi connectivity index (χ4n) is 2.84. The minimum absolute atomic E-state index is 0.436. The zero-order chi connectivity index (χ0) is 14.0. The van der Waals surface area contributed by atoms with Gasteiger partial charge >= 0.3 is 0 Å². The zero-order valence-corrected chi connectivity index (χ0v) is 14.1. The van der Waals surface area contributed by atoms with Crippen LogP contribution in [0.3, 0.4) is 0 Å². The minimum atomic E-state index is 0.436. The smallest absolute Gasteiger partial charge is 0.0635 e. The molecule has 0 amide bonds. The lowest BCUT2D eigenvalue weighted by Crippen LogP contribution is -2.36. The van der Waals surface area contributed by atoms with Crippen LogP contribution in [0.25, 0.3) is 0 Å². The van der Waals surface area contributed by atoms with Gasteiger partial charge in [0.2, 0.25) is 0 Å². The van der Waals surface area contributed by atoms with Crippen LogP contribution in [-0.2, 0) is 0 Å². The van der Waals surface area contributed by atoms with Gasteiger partial charge in [-0.3, -0.25) is 4.68 Å². The fraction of sp³-hybridized carbons (Fsp3) is 0.800. The lowest BCUT2D eigenvalue weighted by molar-refractivity contribution is 0.228. The quantitative estimate of drug-likeness (QED) is 0.856. The molecule has 1 aliphatic carbocycles. The predicted molar refractivity (Wildman–Crippen MR) is 83.5 cm³/mol. The molecule has 4 heteroatoms. The Morgan fingerprint density at radius 3 is 2.63 bits per heavy atom. The van der Waals surface area contributed by atoms with Gasteiger partial charge in [-0.15, -0.1) is 0 Å². The number of halogens is 1. The van der Waals surface area contributed by atoms with Crippen molar-refractivity contribution in [3.05, 3.63) is 16.4 Å². The van der Waals surface area contributed by atoms with Crippen molar-refractivity contribution in [2.75, 3.05) is 13.1 Å². The molecule has 1 fully saturated rings. The van der Waals surface area contributed by atoms with E-state index < -0.39 is 0 Å². The Hall–Kier alpha value is -0.350. The highest BCUT2D eigenvalue weighted by molar-refractivity contribution is 9.10. The molecule has 0 spiro atoms. The van der Waals surface area contributed by atoms with E-state index in [-0.39, 0.29) is 0 Å². The SMILES string of the molecule is CC(C)CNCC1CCC1c1c(Br)cnn1C(C)C. The Morgan fingerprint density at radius 1 is 1.37 bits per heavy atom. The summed E-state index contributed by atoms with van der Waals surface area (Å²) in [6, 6.07) is 0.436. The Balaban J connectivity index is 2.00. The second-order valence-corrected chi connectivity index (χ2v) is 7.27. The first kappa shape index (κ1) is 15.0. The summed E-state index contributed by atoms with van der Waals surface area (Å²) in [6.45, 7) is 11.2. The normalized spacial score (nSPS) is 23.1. The molecular formula is C15H26BrN3. The van der Waals surface area contributed by atoms with Gasteiger partial charge in [0.05, 0.1) is 16.4 Å². The number of nitrogens with zero attached hydrogens (tertiary/aromatic N) is 2. The van der Waals surface area contributed by atoms with Crippen LogP contribution in [-0.4, -0.2) is 22.9 Å². The second-order valence-electron chi connectivity index (χ2n) is 6.41. The van der Waals surface area contributed by atoms with E-state index in [1.54, 1.807) is 0 Å². The third kappa shape index (κ3) is 3.40. The highest BCUT2D eigenvalue weighted by atomic mass is 79.9. The first-order chi connectivity index (χ1) is 9.00. The Labute approximate surface area is 125 Å². The summed E-state index contributed by atoms with van der Waals surface area (Å²) < 4.78 is 3.36. The number of hydrogen-bond donors (Lipinski definition) is 1. The Bertz CT molecular complexity index is 412. The largest absolute Gasteiger partial charge is 0.316 e. The average Bonchev–Trinajstić information content (AvgIpc) is 2.65. The standard InChI is InChI=1S/C15H26BrN3/c1-10(2)7-17-8-12-5-6-13(12)15-14(16)9-18-19(15)11(3)4/h9-13,17H,5-8H2,1-4H3. The molecule has 1 N–H and O–H groups in total. The van der Waals surface area contributed by atoms with Crippen molar-refractivity contribution < 1.29 is 0 Å². The molecular weight excluding hydrogens is 302 g/mol. The van der Waals surface area contributed by atoms with Gasteiger partial charge in [-0.05, 0) is 67.5 Å². The lowest BCUT2D eigenvalue weighted by Gasteiger charge is -2.38. The molecule has 19 heavy (non-hydrogen) atoms. The van der Waals surface area contributed by atoms with Gasteiger partial charge in [-0.1, -0.05) is 13.8 Å². The van der Waals surface area contributed by atoms with Crippen molar-refractivity contribution in [2.24, 2.45) is 11.8 Å². The van der Waals surface area contributed by atoms with Crippen LogP contribution < -0.4 is 5.32 Å². The number of nitrogens with one attached hydrogen (secondary N) is 1. The molecule has 2 atom stereocenters. The van der Waals surface area contributed by atoms with Gasteiger partial charge < -0.3 is 5.32 Å². The van der Waals surface area contributed by atoms with Gasteiger partial charge in [0.1, 0.15) is 0 Å². The molecule has 0 aromatic carbocycles. The van der Waals surface area contributed by atoms with Crippen molar-refractivity contribution in [3.63, 3.8) is 0 Å². The Morgan fingerprint density at radius 2 is 2.11 bits per heavy atom. The van der Waals surface area contributed by atoms with Crippen LogP contribution in [0, 0.1) is 11.8 Å². The monoisotopic (exact) mass is 327 g/mol. The van der Waals surface area contributed by atoms with Crippen molar-refractivity contribution in [2.45, 2.75) is 52.5 Å². The maximum atomic E-state index is 4.51. The molecule has 108 valence electrons. The van der Waals surface area contributed by atoms with E-state index in [9.17, 15) is 0 Å². The van der Waals surface area contributed by atoms with E-state index in [4.69, 9.17) is 0 Å². The Kier molecular flexibility index (Phi) is 5.07. The maximum absolute atomic E-state index is 4.51. The van der Waals surface area contributed by atoms with E-state index in [0.717, 1.165) is 24.9 Å². The summed E-state index contributed by atoms with van der Waals surface area (Å²) >= 11 is 3.68. The third-order valence-electron chi connectivity index (χ3n) is 4.00. The predicted octanol–water partition coefficient (Wildman–Crippen LogP) is 3.97. The van der Waals surface area contributed by atoms with Gasteiger partial charge in [-0.2, -0.15) is 5.10 Å². The van der Waals surface area contributed by atoms with Gasteiger partial charge in [0.25, 0.3) is 0 Å². The minimum Gasteiger partial charge on any atom is -0.316 e. The molecule has 0 saturated heterocycles. The first-order valence-electron chi connectivity index (χ1n) is 7.44. The van der Waals surface area contributed by atoms with E-state index in [0.29, 0.717) is 12.0 Å². The summed E-state index contributed by atoms with van der Waals surface area (Å²) in [4.78, 5) is 0. The second kappa shape index (κ2) is 6.40. The van der Waals surface area contributed by atoms with E-state index >= 15 is 0 Å². The van der Waals surface area contributed by atoms with Gasteiger partial charge in [0.15, 0.2) is 0 Å². The molecule has 1 saturated carbocycles. The zero-order valence-electron chi connectivity index (χ0n) is 12.5. The molecule has 1 aromatic rings. The molecule has 3 nitrogen and oxygen atoms in total. The third-order valence-corrected chi connectivity index (χ3v) is 4.61. The van der Waals surface area contributed by atoms with Crippen molar-refractivity contribution in [1.29, 1.82) is 0 Å². The van der Waals surface area contributed by atoms with E-state index in [2.05, 4.69) is 58.7 Å². The topological polar surface area (TPSA) is 29.9 Å². The summed E-state index contributed by atoms with van der Waals surface area (Å²) in [5.41, 5.74) is 1.40. The lowest BCUT2D eigenvalue weighted by atomic mass is 9.71. The van der Waals surface area contributed by atoms with E-state index in [1.807, 2.05) is 6.20 Å². The molecule has 0 bridgehead atoms. The summed E-state index contributed by atoms with van der Waals surface area (Å²) in [5, 5.41) is 8.11. The van der Waals surface area contributed by atoms with Gasteiger partial charge in [0, 0.05) is 12.0 Å². The molecule has 0 radical (unpaired) electrons. The van der Waals surface area contributed by atoms with Crippen LogP contribution in [0.15, 0.2) is 10.7 Å². The number of hydrogen-bond acceptors (Lipinski definition) is 2. The number of rotatable bonds is 6. The molecule has 1 aromatic heterocycles. The summed E-state index contributed by atoms with van der Waals surface area (Å²) in [5.74, 6) is 2.16. The maximum Gasteiger partial charge on any atom is 0.0635 e. The average molecular weight is 328 g/mol. The van der Waals surface area contributed by atoms with Gasteiger partial charge in [-0.25, -0.2) is 0 Å². The van der Waals surface area contributed by atoms with Crippen molar-refractivity contribution >= 4 is 15.9 Å². The highest BCUT2D eigenvalue weighted by Crippen LogP contribution is 2.45.